The second-order valence-corrected chi connectivity index (χ2v) is 4.89. The van der Waals surface area contributed by atoms with Gasteiger partial charge in [0.1, 0.15) is 0 Å². The van der Waals surface area contributed by atoms with Crippen molar-refractivity contribution in [1.29, 1.82) is 0 Å². The molecule has 0 radical (unpaired) electrons. The Morgan fingerprint density at radius 3 is 2.83 bits per heavy atom. The van der Waals surface area contributed by atoms with Crippen molar-refractivity contribution in [1.82, 2.24) is 5.32 Å². The molecule has 1 aromatic rings. The van der Waals surface area contributed by atoms with Crippen molar-refractivity contribution in [3.05, 3.63) is 34.5 Å². The third-order valence-corrected chi connectivity index (χ3v) is 3.09. The fourth-order valence-electron chi connectivity index (χ4n) is 1.23. The van der Waals surface area contributed by atoms with Crippen LogP contribution in [0.15, 0.2) is 24.8 Å². The minimum Gasteiger partial charge on any atom is -0.480 e. The average Bonchev–Trinajstić information content (AvgIpc) is 2.74. The number of rotatable bonds is 7. The van der Waals surface area contributed by atoms with Crippen molar-refractivity contribution >= 4 is 23.2 Å². The summed E-state index contributed by atoms with van der Waals surface area (Å²) in [5.41, 5.74) is 0. The van der Waals surface area contributed by atoms with E-state index in [9.17, 15) is 9.59 Å². The minimum atomic E-state index is -1.12. The van der Waals surface area contributed by atoms with E-state index in [0.29, 0.717) is 4.88 Å². The van der Waals surface area contributed by atoms with Gasteiger partial charge in [-0.3, -0.25) is 4.79 Å². The Bertz CT molecular complexity index is 441. The van der Waals surface area contributed by atoms with Gasteiger partial charge < -0.3 is 15.2 Å². The van der Waals surface area contributed by atoms with Crippen LogP contribution < -0.4 is 5.32 Å². The summed E-state index contributed by atoms with van der Waals surface area (Å²) < 4.78 is 5.04. The summed E-state index contributed by atoms with van der Waals surface area (Å²) >= 11 is 1.32. The summed E-state index contributed by atoms with van der Waals surface area (Å²) in [5, 5.41) is 11.4. The van der Waals surface area contributed by atoms with Crippen molar-refractivity contribution in [2.24, 2.45) is 0 Å². The zero-order valence-corrected chi connectivity index (χ0v) is 10.8. The lowest BCUT2D eigenvalue weighted by molar-refractivity contribution is -0.140. The van der Waals surface area contributed by atoms with Crippen molar-refractivity contribution in [2.45, 2.75) is 13.0 Å². The van der Waals surface area contributed by atoms with E-state index in [1.807, 2.05) is 13.0 Å². The molecule has 0 spiro atoms. The molecule has 18 heavy (non-hydrogen) atoms. The predicted molar refractivity (Wildman–Crippen MR) is 69.0 cm³/mol. The fourth-order valence-corrected chi connectivity index (χ4v) is 2.00. The molecule has 2 N–H and O–H groups in total. The van der Waals surface area contributed by atoms with Crippen LogP contribution in [0.2, 0.25) is 0 Å². The first-order chi connectivity index (χ1) is 8.54. The topological polar surface area (TPSA) is 75.6 Å². The Labute approximate surface area is 109 Å². The van der Waals surface area contributed by atoms with Crippen LogP contribution in [0.1, 0.15) is 14.5 Å². The second kappa shape index (κ2) is 6.93. The summed E-state index contributed by atoms with van der Waals surface area (Å²) in [5.74, 6) is -1.52. The summed E-state index contributed by atoms with van der Waals surface area (Å²) in [6, 6.07) is 2.42. The quantitative estimate of drug-likeness (QED) is 0.580. The summed E-state index contributed by atoms with van der Waals surface area (Å²) in [4.78, 5) is 24.2. The van der Waals surface area contributed by atoms with Gasteiger partial charge in [-0.15, -0.1) is 17.9 Å². The van der Waals surface area contributed by atoms with Gasteiger partial charge in [-0.1, -0.05) is 6.08 Å². The van der Waals surface area contributed by atoms with Crippen LogP contribution in [0.25, 0.3) is 0 Å². The van der Waals surface area contributed by atoms with E-state index in [4.69, 9.17) is 9.84 Å². The first kappa shape index (κ1) is 14.4. The lowest BCUT2D eigenvalue weighted by Crippen LogP contribution is -2.43. The first-order valence-electron chi connectivity index (χ1n) is 5.33. The zero-order chi connectivity index (χ0) is 13.5. The van der Waals surface area contributed by atoms with Gasteiger partial charge in [-0.05, 0) is 19.1 Å². The molecule has 1 unspecified atom stereocenters. The Hall–Kier alpha value is -1.66. The molecule has 1 aromatic heterocycles. The second-order valence-electron chi connectivity index (χ2n) is 3.60. The van der Waals surface area contributed by atoms with E-state index in [2.05, 4.69) is 11.9 Å². The molecule has 0 saturated heterocycles. The number of carboxylic acids is 1. The van der Waals surface area contributed by atoms with Crippen molar-refractivity contribution in [3.8, 4) is 0 Å². The van der Waals surface area contributed by atoms with E-state index in [1.54, 1.807) is 6.07 Å². The molecule has 0 aliphatic heterocycles. The molecule has 0 fully saturated rings. The Morgan fingerprint density at radius 1 is 1.61 bits per heavy atom. The minimum absolute atomic E-state index is 0.0859. The molecule has 6 heteroatoms. The molecular formula is C12H15NO4S. The van der Waals surface area contributed by atoms with E-state index in [0.717, 1.165) is 4.88 Å². The van der Waals surface area contributed by atoms with Crippen LogP contribution >= 0.6 is 11.3 Å². The highest BCUT2D eigenvalue weighted by Gasteiger charge is 2.21. The molecule has 0 aliphatic carbocycles. The number of carbonyl (C=O) groups is 2. The number of aliphatic carboxylic acids is 1. The molecule has 1 rings (SSSR count). The Balaban J connectivity index is 2.57. The number of nitrogens with one attached hydrogen (secondary N) is 1. The molecule has 1 atom stereocenters. The van der Waals surface area contributed by atoms with Crippen LogP contribution in [0, 0.1) is 6.92 Å². The summed E-state index contributed by atoms with van der Waals surface area (Å²) in [7, 11) is 0. The number of ether oxygens (including phenoxy) is 1. The zero-order valence-electron chi connectivity index (χ0n) is 10.0. The van der Waals surface area contributed by atoms with Gasteiger partial charge in [-0.25, -0.2) is 4.79 Å². The van der Waals surface area contributed by atoms with Crippen LogP contribution in [-0.4, -0.2) is 36.2 Å². The van der Waals surface area contributed by atoms with Gasteiger partial charge in [0, 0.05) is 4.88 Å². The van der Waals surface area contributed by atoms with Crippen LogP contribution in [0.3, 0.4) is 0 Å². The van der Waals surface area contributed by atoms with E-state index in [1.165, 1.54) is 17.4 Å². The number of thiophene rings is 1. The smallest absolute Gasteiger partial charge is 0.328 e. The number of aryl methyl sites for hydroxylation is 1. The van der Waals surface area contributed by atoms with Gasteiger partial charge >= 0.3 is 5.97 Å². The molecular weight excluding hydrogens is 254 g/mol. The highest BCUT2D eigenvalue weighted by Crippen LogP contribution is 2.14. The molecule has 1 heterocycles. The van der Waals surface area contributed by atoms with Crippen LogP contribution in [-0.2, 0) is 9.53 Å². The number of amides is 1. The first-order valence-corrected chi connectivity index (χ1v) is 6.15. The molecule has 5 nitrogen and oxygen atoms in total. The molecule has 0 aliphatic rings. The average molecular weight is 269 g/mol. The Kier molecular flexibility index (Phi) is 5.54. The molecule has 0 aromatic carbocycles. The lowest BCUT2D eigenvalue weighted by Gasteiger charge is -2.13. The number of carboxylic acid groups (broad SMARTS) is 1. The predicted octanol–water partition coefficient (Wildman–Crippen LogP) is 1.44. The van der Waals surface area contributed by atoms with Crippen molar-refractivity contribution in [3.63, 3.8) is 0 Å². The van der Waals surface area contributed by atoms with Gasteiger partial charge in [0.15, 0.2) is 6.04 Å². The van der Waals surface area contributed by atoms with Gasteiger partial charge in [0.05, 0.1) is 18.1 Å². The fraction of sp³-hybridized carbons (Fsp3) is 0.333. The maximum absolute atomic E-state index is 11.8. The summed E-state index contributed by atoms with van der Waals surface area (Å²) in [6.07, 6.45) is 1.52. The third-order valence-electron chi connectivity index (χ3n) is 2.09. The third kappa shape index (κ3) is 4.31. The van der Waals surface area contributed by atoms with Gasteiger partial charge in [0.25, 0.3) is 5.91 Å². The number of hydrogen-bond acceptors (Lipinski definition) is 4. The monoisotopic (exact) mass is 269 g/mol. The highest BCUT2D eigenvalue weighted by molar-refractivity contribution is 7.13. The van der Waals surface area contributed by atoms with E-state index < -0.39 is 17.9 Å². The van der Waals surface area contributed by atoms with E-state index >= 15 is 0 Å². The van der Waals surface area contributed by atoms with E-state index in [-0.39, 0.29) is 13.2 Å². The number of hydrogen-bond donors (Lipinski definition) is 2. The molecule has 0 bridgehead atoms. The molecule has 1 amide bonds. The largest absolute Gasteiger partial charge is 0.480 e. The van der Waals surface area contributed by atoms with Crippen LogP contribution in [0.4, 0.5) is 0 Å². The molecule has 98 valence electrons. The lowest BCUT2D eigenvalue weighted by atomic mass is 10.3. The maximum Gasteiger partial charge on any atom is 0.328 e. The maximum atomic E-state index is 11.8. The van der Waals surface area contributed by atoms with Gasteiger partial charge in [-0.2, -0.15) is 0 Å². The SMILES string of the molecule is C=CCOCC(NC(=O)c1ccc(C)s1)C(=O)O. The summed E-state index contributed by atoms with van der Waals surface area (Å²) in [6.45, 7) is 5.50. The van der Waals surface area contributed by atoms with Crippen LogP contribution in [0.5, 0.6) is 0 Å². The number of carbonyl (C=O) groups excluding carboxylic acids is 1. The normalized spacial score (nSPS) is 11.8. The van der Waals surface area contributed by atoms with Gasteiger partial charge in [0.2, 0.25) is 0 Å². The standard InChI is InChI=1S/C12H15NO4S/c1-3-6-17-7-9(12(15)16)13-11(14)10-5-4-8(2)18-10/h3-5,9H,1,6-7H2,2H3,(H,13,14)(H,15,16). The Morgan fingerprint density at radius 2 is 2.33 bits per heavy atom. The van der Waals surface area contributed by atoms with Crippen molar-refractivity contribution in [2.75, 3.05) is 13.2 Å². The highest BCUT2D eigenvalue weighted by atomic mass is 32.1. The van der Waals surface area contributed by atoms with Crippen molar-refractivity contribution < 1.29 is 19.4 Å². The molecule has 0 saturated carbocycles.